The molecule has 2 aromatic carbocycles. The number of para-hydroxylation sites is 1. The van der Waals surface area contributed by atoms with Gasteiger partial charge in [0.1, 0.15) is 0 Å². The van der Waals surface area contributed by atoms with Crippen LogP contribution < -0.4 is 5.32 Å². The van der Waals surface area contributed by atoms with E-state index in [-0.39, 0.29) is 11.7 Å². The van der Waals surface area contributed by atoms with Crippen molar-refractivity contribution in [3.05, 3.63) is 83.6 Å². The monoisotopic (exact) mass is 423 g/mol. The van der Waals surface area contributed by atoms with Crippen molar-refractivity contribution in [2.75, 3.05) is 11.1 Å². The number of benzene rings is 2. The average Bonchev–Trinajstić information content (AvgIpc) is 3.38. The second-order valence-electron chi connectivity index (χ2n) is 6.34. The molecule has 1 N–H and O–H groups in total. The van der Waals surface area contributed by atoms with E-state index < -0.39 is 0 Å². The molecule has 0 unspecified atom stereocenters. The summed E-state index contributed by atoms with van der Waals surface area (Å²) in [6.45, 7) is 1.96. The molecule has 0 radical (unpaired) electrons. The summed E-state index contributed by atoms with van der Waals surface area (Å²) < 4.78 is 3.75. The molecule has 2 heterocycles. The second kappa shape index (κ2) is 8.55. The molecule has 0 saturated heterocycles. The molecule has 146 valence electrons. The lowest BCUT2D eigenvalue weighted by molar-refractivity contribution is -0.113. The molecule has 0 atom stereocenters. The quantitative estimate of drug-likeness (QED) is 0.454. The predicted octanol–water partition coefficient (Wildman–Crippen LogP) is 4.75. The summed E-state index contributed by atoms with van der Waals surface area (Å²) in [5.41, 5.74) is 2.71. The van der Waals surface area contributed by atoms with Crippen LogP contribution in [0, 0.1) is 6.92 Å². The third kappa shape index (κ3) is 4.36. The van der Waals surface area contributed by atoms with Gasteiger partial charge in [-0.25, -0.2) is 4.68 Å². The zero-order valence-corrected chi connectivity index (χ0v) is 17.2. The van der Waals surface area contributed by atoms with E-state index in [1.54, 1.807) is 0 Å². The van der Waals surface area contributed by atoms with Crippen LogP contribution in [0.2, 0.25) is 5.02 Å². The zero-order chi connectivity index (χ0) is 20.2. The summed E-state index contributed by atoms with van der Waals surface area (Å²) in [6, 6.07) is 19.0. The van der Waals surface area contributed by atoms with E-state index in [9.17, 15) is 4.79 Å². The van der Waals surface area contributed by atoms with Crippen LogP contribution >= 0.6 is 23.4 Å². The largest absolute Gasteiger partial charge is 0.325 e. The van der Waals surface area contributed by atoms with Crippen molar-refractivity contribution in [2.24, 2.45) is 0 Å². The van der Waals surface area contributed by atoms with Crippen LogP contribution in [0.4, 0.5) is 5.69 Å². The first-order chi connectivity index (χ1) is 14.1. The van der Waals surface area contributed by atoms with Crippen molar-refractivity contribution < 1.29 is 4.79 Å². The summed E-state index contributed by atoms with van der Waals surface area (Å²) >= 11 is 7.34. The van der Waals surface area contributed by atoms with E-state index in [1.165, 1.54) is 11.8 Å². The number of rotatable bonds is 6. The molecule has 0 saturated carbocycles. The number of anilines is 1. The minimum Gasteiger partial charge on any atom is -0.325 e. The number of nitrogens with zero attached hydrogens (tertiary/aromatic N) is 4. The van der Waals surface area contributed by atoms with Crippen molar-refractivity contribution in [3.8, 4) is 11.4 Å². The molecule has 4 rings (SSSR count). The minimum atomic E-state index is -0.0978. The van der Waals surface area contributed by atoms with Crippen molar-refractivity contribution in [3.63, 3.8) is 0 Å². The number of aromatic nitrogens is 4. The van der Waals surface area contributed by atoms with Crippen molar-refractivity contribution >= 4 is 35.0 Å². The van der Waals surface area contributed by atoms with Crippen molar-refractivity contribution in [1.29, 1.82) is 0 Å². The van der Waals surface area contributed by atoms with Gasteiger partial charge in [-0.15, -0.1) is 10.2 Å². The maximum atomic E-state index is 12.4. The first-order valence-corrected chi connectivity index (χ1v) is 10.3. The van der Waals surface area contributed by atoms with Crippen LogP contribution in [0.5, 0.6) is 0 Å². The lowest BCUT2D eigenvalue weighted by Crippen LogP contribution is -2.16. The van der Waals surface area contributed by atoms with E-state index in [0.717, 1.165) is 16.8 Å². The number of nitrogens with one attached hydrogen (secondary N) is 1. The van der Waals surface area contributed by atoms with E-state index in [0.29, 0.717) is 16.0 Å². The van der Waals surface area contributed by atoms with Gasteiger partial charge in [0, 0.05) is 28.7 Å². The molecule has 0 aliphatic rings. The summed E-state index contributed by atoms with van der Waals surface area (Å²) in [5.74, 6) is 0.785. The highest BCUT2D eigenvalue weighted by molar-refractivity contribution is 7.99. The number of hydrogen-bond donors (Lipinski definition) is 1. The summed E-state index contributed by atoms with van der Waals surface area (Å²) in [4.78, 5) is 12.4. The van der Waals surface area contributed by atoms with Crippen molar-refractivity contribution in [1.82, 2.24) is 19.5 Å². The molecule has 0 fully saturated rings. The zero-order valence-electron chi connectivity index (χ0n) is 15.6. The fourth-order valence-electron chi connectivity index (χ4n) is 2.83. The molecule has 2 aromatic heterocycles. The van der Waals surface area contributed by atoms with Gasteiger partial charge in [-0.3, -0.25) is 9.47 Å². The Morgan fingerprint density at radius 2 is 1.76 bits per heavy atom. The second-order valence-corrected chi connectivity index (χ2v) is 7.72. The van der Waals surface area contributed by atoms with Crippen molar-refractivity contribution in [2.45, 2.75) is 12.1 Å². The van der Waals surface area contributed by atoms with Gasteiger partial charge in [-0.1, -0.05) is 41.6 Å². The van der Waals surface area contributed by atoms with Crippen LogP contribution in [0.15, 0.2) is 78.2 Å². The smallest absolute Gasteiger partial charge is 0.234 e. The molecule has 4 aromatic rings. The normalized spacial score (nSPS) is 10.8. The molecule has 0 spiro atoms. The van der Waals surface area contributed by atoms with Gasteiger partial charge in [0.05, 0.1) is 5.75 Å². The number of thioether (sulfide) groups is 1. The number of aryl methyl sites for hydroxylation is 1. The van der Waals surface area contributed by atoms with Crippen LogP contribution in [0.3, 0.4) is 0 Å². The number of carbonyl (C=O) groups is 1. The Kier molecular flexibility index (Phi) is 5.69. The lowest BCUT2D eigenvalue weighted by atomic mass is 10.2. The molecule has 6 nitrogen and oxygen atoms in total. The molecule has 0 aliphatic heterocycles. The van der Waals surface area contributed by atoms with E-state index in [4.69, 9.17) is 11.6 Å². The summed E-state index contributed by atoms with van der Waals surface area (Å²) in [6.07, 6.45) is 3.81. The Morgan fingerprint density at radius 1 is 1.03 bits per heavy atom. The summed E-state index contributed by atoms with van der Waals surface area (Å²) in [5, 5.41) is 12.9. The third-order valence-corrected chi connectivity index (χ3v) is 5.46. The highest BCUT2D eigenvalue weighted by atomic mass is 35.5. The van der Waals surface area contributed by atoms with Gasteiger partial charge in [0.2, 0.25) is 11.1 Å². The first-order valence-electron chi connectivity index (χ1n) is 8.95. The molecule has 0 bridgehead atoms. The Bertz CT molecular complexity index is 1120. The Labute approximate surface area is 177 Å². The number of carbonyl (C=O) groups excluding carboxylic acids is 1. The highest BCUT2D eigenvalue weighted by Crippen LogP contribution is 2.25. The topological polar surface area (TPSA) is 64.7 Å². The third-order valence-electron chi connectivity index (χ3n) is 4.29. The average molecular weight is 424 g/mol. The molecule has 1 amide bonds. The summed E-state index contributed by atoms with van der Waals surface area (Å²) in [7, 11) is 0. The molecular formula is C21H18ClN5OS. The standard InChI is InChI=1S/C21H18ClN5OS/c1-15-6-2-3-7-18(15)23-19(28)14-29-21-25-24-20(16-8-10-17(22)11-9-16)27(21)26-12-4-5-13-26/h2-13H,14H2,1H3,(H,23,28). The fourth-order valence-corrected chi connectivity index (χ4v) is 3.69. The Hall–Kier alpha value is -3.03. The van der Waals surface area contributed by atoms with Gasteiger partial charge >= 0.3 is 0 Å². The maximum absolute atomic E-state index is 12.4. The van der Waals surface area contributed by atoms with E-state index in [1.807, 2.05) is 89.3 Å². The van der Waals surface area contributed by atoms with Crippen LogP contribution in [-0.2, 0) is 4.79 Å². The highest BCUT2D eigenvalue weighted by Gasteiger charge is 2.17. The molecule has 0 aliphatic carbocycles. The van der Waals surface area contributed by atoms with E-state index in [2.05, 4.69) is 15.5 Å². The van der Waals surface area contributed by atoms with Gasteiger partial charge in [-0.2, -0.15) is 0 Å². The lowest BCUT2D eigenvalue weighted by Gasteiger charge is -2.12. The van der Waals surface area contributed by atoms with Crippen LogP contribution in [-0.4, -0.2) is 31.2 Å². The number of halogens is 1. The van der Waals surface area contributed by atoms with Crippen LogP contribution in [0.25, 0.3) is 11.4 Å². The Balaban J connectivity index is 1.57. The fraction of sp³-hybridized carbons (Fsp3) is 0.0952. The SMILES string of the molecule is Cc1ccccc1NC(=O)CSc1nnc(-c2ccc(Cl)cc2)n1-n1cccc1. The first kappa shape index (κ1) is 19.3. The van der Waals surface area contributed by atoms with Gasteiger partial charge in [-0.05, 0) is 55.0 Å². The molecule has 8 heteroatoms. The van der Waals surface area contributed by atoms with Gasteiger partial charge in [0.25, 0.3) is 0 Å². The predicted molar refractivity (Wildman–Crippen MR) is 116 cm³/mol. The van der Waals surface area contributed by atoms with E-state index >= 15 is 0 Å². The van der Waals surface area contributed by atoms with Crippen LogP contribution in [0.1, 0.15) is 5.56 Å². The molecule has 29 heavy (non-hydrogen) atoms. The number of hydrogen-bond acceptors (Lipinski definition) is 4. The van der Waals surface area contributed by atoms with Gasteiger partial charge < -0.3 is 5.32 Å². The number of amides is 1. The minimum absolute atomic E-state index is 0.0978. The maximum Gasteiger partial charge on any atom is 0.234 e. The molecular weight excluding hydrogens is 406 g/mol. The Morgan fingerprint density at radius 3 is 2.48 bits per heavy atom. The van der Waals surface area contributed by atoms with Gasteiger partial charge in [0.15, 0.2) is 5.82 Å².